The third kappa shape index (κ3) is 4.42. The number of aromatic nitrogens is 4. The van der Waals surface area contributed by atoms with Gasteiger partial charge in [-0.3, -0.25) is 4.79 Å². The first-order chi connectivity index (χ1) is 12.5. The lowest BCUT2D eigenvalue weighted by atomic mass is 10.1. The number of carbonyl (C=O) groups excluding carboxylic acids is 1. The fraction of sp³-hybridized carbons (Fsp3) is 0.176. The summed E-state index contributed by atoms with van der Waals surface area (Å²) in [4.78, 5) is 12.3. The molecule has 0 amide bonds. The van der Waals surface area contributed by atoms with Crippen molar-refractivity contribution in [2.45, 2.75) is 18.7 Å². The van der Waals surface area contributed by atoms with Gasteiger partial charge in [0, 0.05) is 5.56 Å². The zero-order valence-electron chi connectivity index (χ0n) is 13.7. The van der Waals surface area contributed by atoms with E-state index in [1.165, 1.54) is 36.0 Å². The van der Waals surface area contributed by atoms with Crippen LogP contribution >= 0.6 is 11.8 Å². The predicted octanol–water partition coefficient (Wildman–Crippen LogP) is 3.55. The number of thioether (sulfide) groups is 1. The van der Waals surface area contributed by atoms with Crippen molar-refractivity contribution in [1.82, 2.24) is 20.2 Å². The Bertz CT molecular complexity index is 883. The van der Waals surface area contributed by atoms with E-state index in [0.29, 0.717) is 10.7 Å². The molecule has 26 heavy (non-hydrogen) atoms. The van der Waals surface area contributed by atoms with Gasteiger partial charge in [-0.05, 0) is 53.7 Å². The van der Waals surface area contributed by atoms with Crippen molar-refractivity contribution in [2.75, 3.05) is 5.75 Å². The standard InChI is InChI=1S/C17H14F2N4O2S/c1-11-2-6-13(7-3-11)23-17(20-21-22-23)26-10-15(24)12-4-8-14(9-5-12)25-16(18)19/h2-9,16H,10H2,1H3. The molecule has 0 atom stereocenters. The van der Waals surface area contributed by atoms with Crippen molar-refractivity contribution in [1.29, 1.82) is 0 Å². The van der Waals surface area contributed by atoms with Crippen LogP contribution in [0.15, 0.2) is 53.7 Å². The van der Waals surface area contributed by atoms with Crippen LogP contribution in [0.4, 0.5) is 8.78 Å². The summed E-state index contributed by atoms with van der Waals surface area (Å²) in [5, 5.41) is 12.0. The van der Waals surface area contributed by atoms with Crippen LogP contribution in [0.25, 0.3) is 5.69 Å². The molecule has 6 nitrogen and oxygen atoms in total. The van der Waals surface area contributed by atoms with Crippen LogP contribution in [0, 0.1) is 6.92 Å². The van der Waals surface area contributed by atoms with Crippen LogP contribution in [0.1, 0.15) is 15.9 Å². The first-order valence-corrected chi connectivity index (χ1v) is 8.58. The van der Waals surface area contributed by atoms with Gasteiger partial charge in [0.05, 0.1) is 11.4 Å². The summed E-state index contributed by atoms with van der Waals surface area (Å²) in [6.45, 7) is -0.914. The summed E-state index contributed by atoms with van der Waals surface area (Å²) in [5.74, 6) is -0.0500. The maximum absolute atomic E-state index is 12.3. The highest BCUT2D eigenvalue weighted by Crippen LogP contribution is 2.21. The van der Waals surface area contributed by atoms with Crippen LogP contribution in [0.3, 0.4) is 0 Å². The zero-order valence-corrected chi connectivity index (χ0v) is 14.5. The second-order valence-corrected chi connectivity index (χ2v) is 6.27. The van der Waals surface area contributed by atoms with Crippen LogP contribution < -0.4 is 4.74 Å². The number of benzene rings is 2. The Balaban J connectivity index is 1.65. The molecule has 0 radical (unpaired) electrons. The van der Waals surface area contributed by atoms with Gasteiger partial charge in [-0.1, -0.05) is 29.5 Å². The molecule has 0 aliphatic carbocycles. The van der Waals surface area contributed by atoms with Crippen LogP contribution in [-0.2, 0) is 0 Å². The fourth-order valence-corrected chi connectivity index (χ4v) is 2.94. The number of tetrazole rings is 1. The molecule has 134 valence electrons. The van der Waals surface area contributed by atoms with Gasteiger partial charge in [-0.25, -0.2) is 0 Å². The Morgan fingerprint density at radius 1 is 1.15 bits per heavy atom. The van der Waals surface area contributed by atoms with E-state index in [2.05, 4.69) is 20.3 Å². The average Bonchev–Trinajstić information content (AvgIpc) is 3.09. The Morgan fingerprint density at radius 2 is 1.85 bits per heavy atom. The fourth-order valence-electron chi connectivity index (χ4n) is 2.15. The third-order valence-corrected chi connectivity index (χ3v) is 4.37. The maximum Gasteiger partial charge on any atom is 0.387 e. The van der Waals surface area contributed by atoms with Gasteiger partial charge in [-0.15, -0.1) is 5.10 Å². The largest absolute Gasteiger partial charge is 0.435 e. The number of ether oxygens (including phenoxy) is 1. The Kier molecular flexibility index (Phi) is 5.57. The minimum Gasteiger partial charge on any atom is -0.435 e. The maximum atomic E-state index is 12.3. The highest BCUT2D eigenvalue weighted by atomic mass is 32.2. The lowest BCUT2D eigenvalue weighted by Crippen LogP contribution is -2.06. The molecule has 3 rings (SSSR count). The first-order valence-electron chi connectivity index (χ1n) is 7.59. The van der Waals surface area contributed by atoms with E-state index >= 15 is 0 Å². The number of carbonyl (C=O) groups is 1. The van der Waals surface area contributed by atoms with Gasteiger partial charge in [0.25, 0.3) is 0 Å². The summed E-state index contributed by atoms with van der Waals surface area (Å²) in [6.07, 6.45) is 0. The molecular formula is C17H14F2N4O2S. The second-order valence-electron chi connectivity index (χ2n) is 5.32. The Morgan fingerprint density at radius 3 is 2.50 bits per heavy atom. The number of aryl methyl sites for hydroxylation is 1. The molecule has 3 aromatic rings. The van der Waals surface area contributed by atoms with E-state index < -0.39 is 6.61 Å². The molecule has 0 aliphatic rings. The number of hydrogen-bond donors (Lipinski definition) is 0. The van der Waals surface area contributed by atoms with Crippen molar-refractivity contribution in [3.05, 3.63) is 59.7 Å². The number of alkyl halides is 2. The van der Waals surface area contributed by atoms with E-state index in [9.17, 15) is 13.6 Å². The van der Waals surface area contributed by atoms with E-state index in [1.54, 1.807) is 4.68 Å². The molecule has 0 saturated heterocycles. The molecule has 0 spiro atoms. The van der Waals surface area contributed by atoms with E-state index in [0.717, 1.165) is 11.3 Å². The molecule has 2 aromatic carbocycles. The predicted molar refractivity (Wildman–Crippen MR) is 92.0 cm³/mol. The topological polar surface area (TPSA) is 69.9 Å². The molecule has 0 N–H and O–H groups in total. The van der Waals surface area contributed by atoms with Crippen molar-refractivity contribution >= 4 is 17.5 Å². The highest BCUT2D eigenvalue weighted by Gasteiger charge is 2.13. The summed E-state index contributed by atoms with van der Waals surface area (Å²) < 4.78 is 30.1. The molecule has 0 saturated carbocycles. The van der Waals surface area contributed by atoms with E-state index in [-0.39, 0.29) is 17.3 Å². The molecule has 1 aromatic heterocycles. The number of ketones is 1. The monoisotopic (exact) mass is 376 g/mol. The van der Waals surface area contributed by atoms with E-state index in [4.69, 9.17) is 0 Å². The minimum absolute atomic E-state index is 0.00696. The molecule has 0 unspecified atom stereocenters. The average molecular weight is 376 g/mol. The number of hydrogen-bond acceptors (Lipinski definition) is 6. The number of halogens is 2. The molecule has 0 aliphatic heterocycles. The third-order valence-electron chi connectivity index (χ3n) is 3.45. The van der Waals surface area contributed by atoms with Crippen LogP contribution in [-0.4, -0.2) is 38.4 Å². The summed E-state index contributed by atoms with van der Waals surface area (Å²) >= 11 is 1.20. The molecule has 9 heteroatoms. The second kappa shape index (κ2) is 8.05. The summed E-state index contributed by atoms with van der Waals surface area (Å²) in [7, 11) is 0. The number of Topliss-reactive ketones (excluding diaryl/α,β-unsaturated/α-hetero) is 1. The SMILES string of the molecule is Cc1ccc(-n2nnnc2SCC(=O)c2ccc(OC(F)F)cc2)cc1. The van der Waals surface area contributed by atoms with Crippen LogP contribution in [0.2, 0.25) is 0 Å². The summed E-state index contributed by atoms with van der Waals surface area (Å²) in [6, 6.07) is 13.2. The van der Waals surface area contributed by atoms with Gasteiger partial charge in [-0.2, -0.15) is 13.5 Å². The van der Waals surface area contributed by atoms with Crippen molar-refractivity contribution < 1.29 is 18.3 Å². The molecular weight excluding hydrogens is 362 g/mol. The van der Waals surface area contributed by atoms with Crippen molar-refractivity contribution in [3.8, 4) is 11.4 Å². The highest BCUT2D eigenvalue weighted by molar-refractivity contribution is 7.99. The Hall–Kier alpha value is -2.81. The van der Waals surface area contributed by atoms with Gasteiger partial charge >= 0.3 is 6.61 Å². The quantitative estimate of drug-likeness (QED) is 0.464. The number of nitrogens with zero attached hydrogens (tertiary/aromatic N) is 4. The summed E-state index contributed by atoms with van der Waals surface area (Å²) in [5.41, 5.74) is 2.31. The van der Waals surface area contributed by atoms with Gasteiger partial charge in [0.15, 0.2) is 5.78 Å². The zero-order chi connectivity index (χ0) is 18.5. The van der Waals surface area contributed by atoms with Gasteiger partial charge in [0.2, 0.25) is 5.16 Å². The first kappa shape index (κ1) is 18.0. The van der Waals surface area contributed by atoms with Crippen LogP contribution in [0.5, 0.6) is 5.75 Å². The lowest BCUT2D eigenvalue weighted by Gasteiger charge is -2.06. The molecule has 0 fully saturated rings. The van der Waals surface area contributed by atoms with Crippen molar-refractivity contribution in [3.63, 3.8) is 0 Å². The smallest absolute Gasteiger partial charge is 0.387 e. The van der Waals surface area contributed by atoms with Gasteiger partial charge < -0.3 is 4.74 Å². The molecule has 1 heterocycles. The lowest BCUT2D eigenvalue weighted by molar-refractivity contribution is -0.0498. The number of rotatable bonds is 7. The van der Waals surface area contributed by atoms with E-state index in [1.807, 2.05) is 31.2 Å². The molecule has 0 bridgehead atoms. The normalized spacial score (nSPS) is 10.9. The Labute approximate surface area is 152 Å². The van der Waals surface area contributed by atoms with Gasteiger partial charge in [0.1, 0.15) is 5.75 Å². The minimum atomic E-state index is -2.90. The van der Waals surface area contributed by atoms with Crippen molar-refractivity contribution in [2.24, 2.45) is 0 Å².